The zero-order valence-electron chi connectivity index (χ0n) is 33.5. The standard InChI is InChI=1S/C25H22N4O2S.C23H21N3O2S/c30-24(29-19-9-4-6-14-27-25(19)31)16-11-12-22-20(15-16)28-23(18-8-3-5-13-26-18)17-7-1-2-10-21(17)32-22;1-2-28-14-13-25-23(27)16-10-11-21-19(15-16)26-22(18-8-5-6-12-24-18)17-7-3-4-9-20(17)29-21/h1-3,5,7-8,10-13,15,19H,4,6,9,14H2,(H,27,31)(H,29,30);3-12,15H,2,13-14H2,1H3,(H,25,27). The van der Waals surface area contributed by atoms with Crippen molar-refractivity contribution in [1.29, 1.82) is 0 Å². The number of fused-ring (bicyclic) bond motifs is 4. The number of benzene rings is 4. The number of hydrogen-bond donors (Lipinski definition) is 3. The van der Waals surface area contributed by atoms with Crippen LogP contribution in [0.4, 0.5) is 11.4 Å². The van der Waals surface area contributed by atoms with Gasteiger partial charge in [-0.15, -0.1) is 0 Å². The van der Waals surface area contributed by atoms with Gasteiger partial charge in [0.05, 0.1) is 40.8 Å². The highest BCUT2D eigenvalue weighted by Gasteiger charge is 2.25. The van der Waals surface area contributed by atoms with Gasteiger partial charge in [0.15, 0.2) is 0 Å². The summed E-state index contributed by atoms with van der Waals surface area (Å²) in [5.41, 5.74) is 7.75. The van der Waals surface area contributed by atoms with Crippen LogP contribution in [0.1, 0.15) is 69.4 Å². The molecule has 0 aliphatic carbocycles. The highest BCUT2D eigenvalue weighted by molar-refractivity contribution is 7.99. The number of nitrogens with zero attached hydrogens (tertiary/aromatic N) is 4. The SMILES string of the molecule is CCOCCNC(=O)c1ccc2c(c1)N=C(c1ccccn1)c1ccccc1S2.O=C(NC1CCCCNC1=O)c1ccc2c(c1)N=C(c1ccccn1)c1ccccc1S2. The summed E-state index contributed by atoms with van der Waals surface area (Å²) in [6.45, 7) is 4.21. The van der Waals surface area contributed by atoms with Crippen molar-refractivity contribution < 1.29 is 19.1 Å². The maximum Gasteiger partial charge on any atom is 0.252 e. The second kappa shape index (κ2) is 19.8. The minimum atomic E-state index is -0.505. The van der Waals surface area contributed by atoms with Crippen molar-refractivity contribution in [2.45, 2.75) is 51.8 Å². The van der Waals surface area contributed by atoms with Crippen molar-refractivity contribution >= 4 is 64.0 Å². The summed E-state index contributed by atoms with van der Waals surface area (Å²) in [6.07, 6.45) is 6.00. The number of hydrogen-bond acceptors (Lipinski definition) is 10. The Morgan fingerprint density at radius 2 is 1.25 bits per heavy atom. The van der Waals surface area contributed by atoms with E-state index in [1.807, 2.05) is 97.9 Å². The molecule has 3 aliphatic rings. The molecule has 2 aromatic heterocycles. The molecule has 0 spiro atoms. The molecular weight excluding hydrogens is 803 g/mol. The normalized spacial score (nSPS) is 15.2. The van der Waals surface area contributed by atoms with E-state index in [0.717, 1.165) is 72.0 Å². The lowest BCUT2D eigenvalue weighted by atomic mass is 10.1. The first-order valence-corrected chi connectivity index (χ1v) is 21.9. The van der Waals surface area contributed by atoms with Crippen molar-refractivity contribution in [3.8, 4) is 0 Å². The van der Waals surface area contributed by atoms with Gasteiger partial charge in [0, 0.05) is 73.9 Å². The largest absolute Gasteiger partial charge is 0.380 e. The molecule has 1 saturated heterocycles. The molecule has 0 bridgehead atoms. The molecule has 3 N–H and O–H groups in total. The van der Waals surface area contributed by atoms with Crippen LogP contribution in [0.5, 0.6) is 0 Å². The summed E-state index contributed by atoms with van der Waals surface area (Å²) in [6, 6.07) is 38.5. The molecule has 4 aromatic carbocycles. The summed E-state index contributed by atoms with van der Waals surface area (Å²) in [5.74, 6) is -0.517. The monoisotopic (exact) mass is 845 g/mol. The van der Waals surface area contributed by atoms with E-state index in [9.17, 15) is 14.4 Å². The lowest BCUT2D eigenvalue weighted by molar-refractivity contribution is -0.122. The molecule has 61 heavy (non-hydrogen) atoms. The minimum Gasteiger partial charge on any atom is -0.380 e. The Morgan fingerprint density at radius 1 is 0.689 bits per heavy atom. The van der Waals surface area contributed by atoms with E-state index in [2.05, 4.69) is 44.1 Å². The molecule has 3 aliphatic heterocycles. The van der Waals surface area contributed by atoms with Crippen molar-refractivity contribution in [1.82, 2.24) is 25.9 Å². The molecular formula is C48H43N7O4S2. The topological polar surface area (TPSA) is 147 Å². The Kier molecular flexibility index (Phi) is 13.4. The van der Waals surface area contributed by atoms with Crippen LogP contribution in [0.3, 0.4) is 0 Å². The van der Waals surface area contributed by atoms with Gasteiger partial charge in [-0.1, -0.05) is 72.1 Å². The summed E-state index contributed by atoms with van der Waals surface area (Å²) < 4.78 is 5.28. The number of aromatic nitrogens is 2. The molecule has 1 unspecified atom stereocenters. The second-order valence-corrected chi connectivity index (χ2v) is 16.3. The number of aliphatic imine (C=N–C) groups is 2. The Morgan fingerprint density at radius 3 is 1.80 bits per heavy atom. The molecule has 5 heterocycles. The molecule has 6 aromatic rings. The van der Waals surface area contributed by atoms with Gasteiger partial charge in [-0.05, 0) is 99.0 Å². The van der Waals surface area contributed by atoms with Gasteiger partial charge in [0.25, 0.3) is 11.8 Å². The first-order chi connectivity index (χ1) is 29.9. The first-order valence-electron chi connectivity index (χ1n) is 20.2. The van der Waals surface area contributed by atoms with Crippen molar-refractivity contribution in [3.05, 3.63) is 167 Å². The Bertz CT molecular complexity index is 2620. The van der Waals surface area contributed by atoms with Gasteiger partial charge in [0.2, 0.25) is 5.91 Å². The van der Waals surface area contributed by atoms with E-state index in [-0.39, 0.29) is 17.7 Å². The third kappa shape index (κ3) is 9.97. The predicted octanol–water partition coefficient (Wildman–Crippen LogP) is 8.60. The van der Waals surface area contributed by atoms with Gasteiger partial charge in [-0.2, -0.15) is 0 Å². The lowest BCUT2D eigenvalue weighted by Crippen LogP contribution is -2.45. The van der Waals surface area contributed by atoms with E-state index >= 15 is 0 Å². The van der Waals surface area contributed by atoms with Crippen molar-refractivity contribution in [2.24, 2.45) is 9.98 Å². The summed E-state index contributed by atoms with van der Waals surface area (Å²) in [5, 5.41) is 8.63. The molecule has 1 atom stereocenters. The number of carbonyl (C=O) groups is 3. The second-order valence-electron chi connectivity index (χ2n) is 14.2. The van der Waals surface area contributed by atoms with E-state index in [1.165, 1.54) is 0 Å². The summed E-state index contributed by atoms with van der Waals surface area (Å²) in [7, 11) is 0. The molecule has 13 heteroatoms. The third-order valence-electron chi connectivity index (χ3n) is 10.0. The summed E-state index contributed by atoms with van der Waals surface area (Å²) >= 11 is 3.28. The average Bonchev–Trinajstić information content (AvgIpc) is 3.69. The van der Waals surface area contributed by atoms with E-state index in [1.54, 1.807) is 48.1 Å². The van der Waals surface area contributed by atoms with Gasteiger partial charge in [-0.3, -0.25) is 24.4 Å². The number of carbonyl (C=O) groups excluding carboxylic acids is 3. The quantitative estimate of drug-likeness (QED) is 0.123. The van der Waals surface area contributed by atoms with Crippen LogP contribution in [0, 0.1) is 0 Å². The minimum absolute atomic E-state index is 0.118. The predicted molar refractivity (Wildman–Crippen MR) is 240 cm³/mol. The fourth-order valence-corrected chi connectivity index (χ4v) is 8.97. The van der Waals surface area contributed by atoms with Gasteiger partial charge < -0.3 is 20.7 Å². The molecule has 0 saturated carbocycles. The van der Waals surface area contributed by atoms with Crippen molar-refractivity contribution in [3.63, 3.8) is 0 Å². The number of amides is 3. The van der Waals surface area contributed by atoms with Crippen LogP contribution in [0.25, 0.3) is 0 Å². The van der Waals surface area contributed by atoms with Crippen LogP contribution in [-0.2, 0) is 9.53 Å². The van der Waals surface area contributed by atoms with Crippen LogP contribution in [0.2, 0.25) is 0 Å². The molecule has 9 rings (SSSR count). The fraction of sp³-hybridized carbons (Fsp3) is 0.188. The van der Waals surface area contributed by atoms with Crippen molar-refractivity contribution in [2.75, 3.05) is 26.3 Å². The zero-order chi connectivity index (χ0) is 42.0. The Labute approximate surface area is 363 Å². The van der Waals surface area contributed by atoms with Crippen LogP contribution in [0.15, 0.2) is 163 Å². The van der Waals surface area contributed by atoms with Gasteiger partial charge in [0.1, 0.15) is 6.04 Å². The first kappa shape index (κ1) is 41.3. The zero-order valence-corrected chi connectivity index (χ0v) is 35.1. The van der Waals surface area contributed by atoms with E-state index < -0.39 is 6.04 Å². The smallest absolute Gasteiger partial charge is 0.252 e. The molecule has 1 fully saturated rings. The lowest BCUT2D eigenvalue weighted by Gasteiger charge is -2.15. The van der Waals surface area contributed by atoms with Gasteiger partial charge in [-0.25, -0.2) is 9.98 Å². The maximum atomic E-state index is 13.0. The maximum absolute atomic E-state index is 13.0. The van der Waals surface area contributed by atoms with E-state index in [4.69, 9.17) is 14.7 Å². The molecule has 306 valence electrons. The Balaban J connectivity index is 0.000000169. The third-order valence-corrected chi connectivity index (χ3v) is 12.3. The highest BCUT2D eigenvalue weighted by Crippen LogP contribution is 2.43. The number of rotatable bonds is 9. The molecule has 3 amide bonds. The van der Waals surface area contributed by atoms with E-state index in [0.29, 0.717) is 49.5 Å². The molecule has 11 nitrogen and oxygen atoms in total. The molecule has 0 radical (unpaired) electrons. The van der Waals surface area contributed by atoms with Crippen LogP contribution in [-0.4, -0.2) is 71.5 Å². The number of pyridine rings is 2. The Hall–Kier alpha value is -6.41. The number of ether oxygens (including phenoxy) is 1. The highest BCUT2D eigenvalue weighted by atomic mass is 32.2. The number of nitrogens with one attached hydrogen (secondary N) is 3. The average molecular weight is 846 g/mol. The van der Waals surface area contributed by atoms with Gasteiger partial charge >= 0.3 is 0 Å². The van der Waals surface area contributed by atoms with Crippen LogP contribution >= 0.6 is 23.5 Å². The van der Waals surface area contributed by atoms with Crippen LogP contribution < -0.4 is 16.0 Å². The summed E-state index contributed by atoms with van der Waals surface area (Å²) in [4.78, 5) is 60.7. The fourth-order valence-electron chi connectivity index (χ4n) is 6.96.